The molecule has 0 aliphatic heterocycles. The third-order valence-corrected chi connectivity index (χ3v) is 3.06. The Balaban J connectivity index is 3.46. The van der Waals surface area contributed by atoms with Gasteiger partial charge in [-0.15, -0.1) is 0 Å². The number of alkyl halides is 1. The topological polar surface area (TPSA) is 44.5 Å². The monoisotopic (exact) mass is 255 g/mol. The molecule has 0 saturated carbocycles. The molecule has 1 aromatic rings. The van der Waals surface area contributed by atoms with Crippen LogP contribution in [0.3, 0.4) is 0 Å². The highest BCUT2D eigenvalue weighted by Crippen LogP contribution is 2.41. The zero-order valence-electron chi connectivity index (χ0n) is 11.7. The SMILES string of the molecule is COc1cc(C(C)CN)cc(C(C)(C)F)c1OC. The molecule has 0 amide bonds. The van der Waals surface area contributed by atoms with Gasteiger partial charge in [-0.1, -0.05) is 6.92 Å². The Kier molecular flexibility index (Phi) is 4.57. The van der Waals surface area contributed by atoms with Crippen molar-refractivity contribution in [1.29, 1.82) is 0 Å². The van der Waals surface area contributed by atoms with Gasteiger partial charge < -0.3 is 15.2 Å². The van der Waals surface area contributed by atoms with E-state index in [0.29, 0.717) is 23.6 Å². The van der Waals surface area contributed by atoms with Crippen LogP contribution in [-0.2, 0) is 5.67 Å². The molecule has 1 unspecified atom stereocenters. The minimum atomic E-state index is -1.50. The van der Waals surface area contributed by atoms with Gasteiger partial charge in [0.15, 0.2) is 11.5 Å². The second-order valence-corrected chi connectivity index (χ2v) is 4.91. The second-order valence-electron chi connectivity index (χ2n) is 4.91. The summed E-state index contributed by atoms with van der Waals surface area (Å²) >= 11 is 0. The summed E-state index contributed by atoms with van der Waals surface area (Å²) in [5.74, 6) is 1.12. The van der Waals surface area contributed by atoms with Crippen molar-refractivity contribution >= 4 is 0 Å². The van der Waals surface area contributed by atoms with Crippen LogP contribution < -0.4 is 15.2 Å². The fourth-order valence-electron chi connectivity index (χ4n) is 1.85. The minimum Gasteiger partial charge on any atom is -0.493 e. The molecule has 1 atom stereocenters. The van der Waals surface area contributed by atoms with Crippen LogP contribution in [0.5, 0.6) is 11.5 Å². The smallest absolute Gasteiger partial charge is 0.167 e. The predicted molar refractivity (Wildman–Crippen MR) is 71.1 cm³/mol. The lowest BCUT2D eigenvalue weighted by atomic mass is 9.92. The molecule has 0 aromatic heterocycles. The molecule has 3 nitrogen and oxygen atoms in total. The molecule has 0 aliphatic rings. The molecule has 1 rings (SSSR count). The summed E-state index contributed by atoms with van der Waals surface area (Å²) in [6.07, 6.45) is 0. The quantitative estimate of drug-likeness (QED) is 0.879. The van der Waals surface area contributed by atoms with E-state index in [1.54, 1.807) is 13.2 Å². The lowest BCUT2D eigenvalue weighted by Gasteiger charge is -2.23. The molecule has 2 N–H and O–H groups in total. The van der Waals surface area contributed by atoms with E-state index in [4.69, 9.17) is 15.2 Å². The summed E-state index contributed by atoms with van der Waals surface area (Å²) in [6, 6.07) is 3.66. The van der Waals surface area contributed by atoms with Gasteiger partial charge in [0.2, 0.25) is 0 Å². The van der Waals surface area contributed by atoms with Gasteiger partial charge in [-0.05, 0) is 44.0 Å². The molecule has 0 radical (unpaired) electrons. The van der Waals surface area contributed by atoms with Gasteiger partial charge in [-0.2, -0.15) is 0 Å². The highest BCUT2D eigenvalue weighted by atomic mass is 19.1. The lowest BCUT2D eigenvalue weighted by Crippen LogP contribution is -2.15. The van der Waals surface area contributed by atoms with E-state index in [9.17, 15) is 4.39 Å². The van der Waals surface area contributed by atoms with E-state index in [1.165, 1.54) is 21.0 Å². The van der Waals surface area contributed by atoms with Crippen molar-refractivity contribution in [3.8, 4) is 11.5 Å². The first-order chi connectivity index (χ1) is 8.35. The second kappa shape index (κ2) is 5.57. The van der Waals surface area contributed by atoms with Crippen LogP contribution >= 0.6 is 0 Å². The highest BCUT2D eigenvalue weighted by Gasteiger charge is 2.27. The molecule has 0 saturated heterocycles. The van der Waals surface area contributed by atoms with E-state index >= 15 is 0 Å². The summed E-state index contributed by atoms with van der Waals surface area (Å²) in [6.45, 7) is 5.50. The largest absolute Gasteiger partial charge is 0.493 e. The maximum Gasteiger partial charge on any atom is 0.167 e. The zero-order chi connectivity index (χ0) is 13.9. The molecular weight excluding hydrogens is 233 g/mol. The molecule has 4 heteroatoms. The summed E-state index contributed by atoms with van der Waals surface area (Å²) in [4.78, 5) is 0. The van der Waals surface area contributed by atoms with Crippen LogP contribution in [0.1, 0.15) is 37.8 Å². The van der Waals surface area contributed by atoms with Gasteiger partial charge in [-0.3, -0.25) is 0 Å². The van der Waals surface area contributed by atoms with Gasteiger partial charge in [-0.25, -0.2) is 4.39 Å². The number of hydrogen-bond acceptors (Lipinski definition) is 3. The van der Waals surface area contributed by atoms with E-state index in [2.05, 4.69) is 0 Å². The van der Waals surface area contributed by atoms with Gasteiger partial charge in [0.25, 0.3) is 0 Å². The van der Waals surface area contributed by atoms with E-state index in [1.807, 2.05) is 13.0 Å². The molecule has 0 spiro atoms. The van der Waals surface area contributed by atoms with E-state index in [-0.39, 0.29) is 5.92 Å². The Labute approximate surface area is 108 Å². The van der Waals surface area contributed by atoms with Crippen molar-refractivity contribution in [3.05, 3.63) is 23.3 Å². The number of ether oxygens (including phenoxy) is 2. The summed E-state index contributed by atoms with van der Waals surface area (Å²) in [5, 5.41) is 0. The van der Waals surface area contributed by atoms with Crippen molar-refractivity contribution in [3.63, 3.8) is 0 Å². The van der Waals surface area contributed by atoms with Gasteiger partial charge in [0, 0.05) is 5.56 Å². The molecule has 0 bridgehead atoms. The molecule has 102 valence electrons. The van der Waals surface area contributed by atoms with Crippen molar-refractivity contribution in [2.24, 2.45) is 5.73 Å². The maximum absolute atomic E-state index is 14.3. The fraction of sp³-hybridized carbons (Fsp3) is 0.571. The molecule has 1 aromatic carbocycles. The third kappa shape index (κ3) is 2.93. The van der Waals surface area contributed by atoms with Crippen molar-refractivity contribution < 1.29 is 13.9 Å². The molecule has 0 heterocycles. The van der Waals surface area contributed by atoms with Crippen molar-refractivity contribution in [2.75, 3.05) is 20.8 Å². The standard InChI is InChI=1S/C14H22FNO2/c1-9(8-16)10-6-11(14(2,3)15)13(18-5)12(7-10)17-4/h6-7,9H,8,16H2,1-5H3. The van der Waals surface area contributed by atoms with Gasteiger partial charge in [0.05, 0.1) is 14.2 Å². The first-order valence-electron chi connectivity index (χ1n) is 6.00. The number of rotatable bonds is 5. The predicted octanol–water partition coefficient (Wildman–Crippen LogP) is 2.97. The summed E-state index contributed by atoms with van der Waals surface area (Å²) in [7, 11) is 3.06. The maximum atomic E-state index is 14.3. The van der Waals surface area contributed by atoms with Crippen LogP contribution in [-0.4, -0.2) is 20.8 Å². The van der Waals surface area contributed by atoms with Gasteiger partial charge >= 0.3 is 0 Å². The average Bonchev–Trinajstić information content (AvgIpc) is 2.34. The third-order valence-electron chi connectivity index (χ3n) is 3.06. The Morgan fingerprint density at radius 2 is 1.89 bits per heavy atom. The number of hydrogen-bond donors (Lipinski definition) is 1. The number of nitrogens with two attached hydrogens (primary N) is 1. The van der Waals surface area contributed by atoms with E-state index in [0.717, 1.165) is 5.56 Å². The molecule has 18 heavy (non-hydrogen) atoms. The fourth-order valence-corrected chi connectivity index (χ4v) is 1.85. The Bertz CT molecular complexity index is 413. The van der Waals surface area contributed by atoms with Crippen molar-refractivity contribution in [1.82, 2.24) is 0 Å². The lowest BCUT2D eigenvalue weighted by molar-refractivity contribution is 0.211. The van der Waals surface area contributed by atoms with Crippen LogP contribution in [0, 0.1) is 0 Å². The molecular formula is C14H22FNO2. The van der Waals surface area contributed by atoms with Crippen LogP contribution in [0.4, 0.5) is 4.39 Å². The zero-order valence-corrected chi connectivity index (χ0v) is 11.7. The Morgan fingerprint density at radius 1 is 1.28 bits per heavy atom. The number of halogens is 1. The number of benzene rings is 1. The normalized spacial score (nSPS) is 13.3. The Hall–Kier alpha value is -1.29. The molecule has 0 aliphatic carbocycles. The Morgan fingerprint density at radius 3 is 2.28 bits per heavy atom. The molecule has 0 fully saturated rings. The first kappa shape index (κ1) is 14.8. The van der Waals surface area contributed by atoms with Crippen LogP contribution in [0.2, 0.25) is 0 Å². The van der Waals surface area contributed by atoms with Crippen LogP contribution in [0.25, 0.3) is 0 Å². The average molecular weight is 255 g/mol. The summed E-state index contributed by atoms with van der Waals surface area (Å²) in [5.41, 5.74) is 5.60. The number of methoxy groups -OCH3 is 2. The minimum absolute atomic E-state index is 0.144. The van der Waals surface area contributed by atoms with Crippen molar-refractivity contribution in [2.45, 2.75) is 32.4 Å². The highest BCUT2D eigenvalue weighted by molar-refractivity contribution is 5.52. The van der Waals surface area contributed by atoms with Crippen LogP contribution in [0.15, 0.2) is 12.1 Å². The summed E-state index contributed by atoms with van der Waals surface area (Å²) < 4.78 is 24.8. The van der Waals surface area contributed by atoms with E-state index < -0.39 is 5.67 Å². The van der Waals surface area contributed by atoms with Gasteiger partial charge in [0.1, 0.15) is 5.67 Å². The first-order valence-corrected chi connectivity index (χ1v) is 6.00.